The first-order valence-corrected chi connectivity index (χ1v) is 12.1. The van der Waals surface area contributed by atoms with Crippen molar-refractivity contribution >= 4 is 27.9 Å². The molecule has 1 N–H and O–H groups in total. The molecule has 3 aromatic carbocycles. The number of nitrogens with zero attached hydrogens (tertiary/aromatic N) is 1. The van der Waals surface area contributed by atoms with E-state index in [4.69, 9.17) is 0 Å². The predicted molar refractivity (Wildman–Crippen MR) is 130 cm³/mol. The fourth-order valence-electron chi connectivity index (χ4n) is 3.49. The molecule has 6 nitrogen and oxygen atoms in total. The van der Waals surface area contributed by atoms with Crippen molar-refractivity contribution in [1.82, 2.24) is 5.32 Å². The normalized spacial score (nSPS) is 11.1. The number of benzene rings is 3. The molecule has 0 heterocycles. The second-order valence-corrected chi connectivity index (χ2v) is 9.87. The molecule has 0 atom stereocenters. The largest absolute Gasteiger partial charge is 0.350 e. The van der Waals surface area contributed by atoms with Gasteiger partial charge in [-0.3, -0.25) is 9.10 Å². The van der Waals surface area contributed by atoms with Gasteiger partial charge in [-0.25, -0.2) is 8.42 Å². The Balaban J connectivity index is 1.87. The van der Waals surface area contributed by atoms with Gasteiger partial charge in [0.05, 0.1) is 10.6 Å². The van der Waals surface area contributed by atoms with Gasteiger partial charge in [0.15, 0.2) is 0 Å². The van der Waals surface area contributed by atoms with Gasteiger partial charge < -0.3 is 10.1 Å². The van der Waals surface area contributed by atoms with Gasteiger partial charge in [-0.05, 0) is 61.2 Å². The van der Waals surface area contributed by atoms with E-state index in [1.54, 1.807) is 36.4 Å². The monoisotopic (exact) mass is 464 g/mol. The summed E-state index contributed by atoms with van der Waals surface area (Å²) in [6, 6.07) is 19.3. The van der Waals surface area contributed by atoms with E-state index >= 15 is 0 Å². The Hall–Kier alpha value is -3.45. The summed E-state index contributed by atoms with van der Waals surface area (Å²) < 4.78 is 28.3. The van der Waals surface area contributed by atoms with Crippen molar-refractivity contribution in [3.63, 3.8) is 0 Å². The van der Waals surface area contributed by atoms with E-state index < -0.39 is 15.9 Å². The van der Waals surface area contributed by atoms with Crippen molar-refractivity contribution in [3.05, 3.63) is 94.5 Å². The highest BCUT2D eigenvalue weighted by molar-refractivity contribution is 7.92. The number of nitrogens with one attached hydrogen (secondary N) is 1. The Morgan fingerprint density at radius 3 is 2.30 bits per heavy atom. The van der Waals surface area contributed by atoms with Crippen LogP contribution in [0.5, 0.6) is 0 Å². The summed E-state index contributed by atoms with van der Waals surface area (Å²) in [4.78, 5) is 23.8. The van der Waals surface area contributed by atoms with Gasteiger partial charge in [0.2, 0.25) is 5.91 Å². The van der Waals surface area contributed by atoms with E-state index in [0.29, 0.717) is 12.1 Å². The molecule has 3 rings (SSSR count). The zero-order valence-electron chi connectivity index (χ0n) is 19.0. The molecule has 0 fully saturated rings. The summed E-state index contributed by atoms with van der Waals surface area (Å²) in [5, 5.41) is 2.80. The van der Waals surface area contributed by atoms with Crippen molar-refractivity contribution in [1.29, 1.82) is 0 Å². The topological polar surface area (TPSA) is 83.6 Å². The van der Waals surface area contributed by atoms with Crippen LogP contribution >= 0.6 is 0 Å². The first-order chi connectivity index (χ1) is 15.7. The third-order valence-electron chi connectivity index (χ3n) is 5.54. The fourth-order valence-corrected chi connectivity index (χ4v) is 4.97. The van der Waals surface area contributed by atoms with Crippen molar-refractivity contribution < 1.29 is 18.0 Å². The average molecular weight is 465 g/mol. The van der Waals surface area contributed by atoms with Crippen LogP contribution in [0.1, 0.15) is 27.8 Å². The lowest BCUT2D eigenvalue weighted by Crippen LogP contribution is -2.41. The Bertz CT molecular complexity index is 1250. The van der Waals surface area contributed by atoms with Gasteiger partial charge >= 0.3 is 0 Å². The Morgan fingerprint density at radius 1 is 0.939 bits per heavy atom. The third kappa shape index (κ3) is 5.87. The molecule has 0 bridgehead atoms. The van der Waals surface area contributed by atoms with Crippen LogP contribution in [-0.4, -0.2) is 27.2 Å². The predicted octanol–water partition coefficient (Wildman–Crippen LogP) is 3.86. The highest BCUT2D eigenvalue weighted by Crippen LogP contribution is 2.28. The third-order valence-corrected chi connectivity index (χ3v) is 7.31. The summed E-state index contributed by atoms with van der Waals surface area (Å²) in [6.45, 7) is 5.52. The number of anilines is 1. The van der Waals surface area contributed by atoms with Crippen molar-refractivity contribution in [2.45, 2.75) is 38.6 Å². The number of aldehydes is 1. The van der Waals surface area contributed by atoms with E-state index in [1.807, 2.05) is 51.1 Å². The van der Waals surface area contributed by atoms with Crippen LogP contribution in [0.25, 0.3) is 0 Å². The second-order valence-electron chi connectivity index (χ2n) is 8.01. The number of carbonyl (C=O) groups excluding carboxylic acids is 2. The van der Waals surface area contributed by atoms with Crippen LogP contribution in [0.4, 0.5) is 5.69 Å². The molecule has 0 aliphatic rings. The molecule has 0 aromatic heterocycles. The highest BCUT2D eigenvalue weighted by Gasteiger charge is 2.28. The quantitative estimate of drug-likeness (QED) is 0.488. The minimum Gasteiger partial charge on any atom is -0.350 e. The molecule has 0 saturated carbocycles. The molecular weight excluding hydrogens is 436 g/mol. The summed E-state index contributed by atoms with van der Waals surface area (Å²) in [6.07, 6.45) is 1.13. The molecular formula is C26H28N2O4S. The maximum atomic E-state index is 13.5. The maximum absolute atomic E-state index is 13.5. The first kappa shape index (κ1) is 24.2. The van der Waals surface area contributed by atoms with Crippen LogP contribution in [0.15, 0.2) is 71.6 Å². The van der Waals surface area contributed by atoms with Gasteiger partial charge in [0, 0.05) is 13.0 Å². The Morgan fingerprint density at radius 2 is 1.61 bits per heavy atom. The van der Waals surface area contributed by atoms with E-state index in [-0.39, 0.29) is 18.0 Å². The number of amides is 1. The number of hydrogen-bond donors (Lipinski definition) is 1. The minimum atomic E-state index is -3.97. The van der Waals surface area contributed by atoms with Crippen LogP contribution < -0.4 is 9.62 Å². The molecule has 0 unspecified atom stereocenters. The molecule has 7 heteroatoms. The molecule has 172 valence electrons. The summed E-state index contributed by atoms with van der Waals surface area (Å²) >= 11 is 0. The fraction of sp³-hybridized carbons (Fsp3) is 0.231. The average Bonchev–Trinajstić information content (AvgIpc) is 2.79. The lowest BCUT2D eigenvalue weighted by molar-refractivity contribution is -0.119. The van der Waals surface area contributed by atoms with Crippen LogP contribution in [0.3, 0.4) is 0 Å². The second kappa shape index (κ2) is 10.4. The number of aryl methyl sites for hydroxylation is 2. The van der Waals surface area contributed by atoms with Gasteiger partial charge in [-0.1, -0.05) is 54.1 Å². The van der Waals surface area contributed by atoms with Gasteiger partial charge in [-0.15, -0.1) is 0 Å². The van der Waals surface area contributed by atoms with E-state index in [2.05, 4.69) is 5.32 Å². The van der Waals surface area contributed by atoms with Crippen molar-refractivity contribution in [2.24, 2.45) is 0 Å². The zero-order chi connectivity index (χ0) is 24.0. The lowest BCUT2D eigenvalue weighted by Gasteiger charge is -2.26. The smallest absolute Gasteiger partial charge is 0.264 e. The van der Waals surface area contributed by atoms with E-state index in [9.17, 15) is 18.0 Å². The molecule has 1 amide bonds. The minimum absolute atomic E-state index is 0.128. The zero-order valence-corrected chi connectivity index (χ0v) is 19.9. The molecule has 3 aromatic rings. The van der Waals surface area contributed by atoms with Crippen LogP contribution in [0.2, 0.25) is 0 Å². The van der Waals surface area contributed by atoms with Gasteiger partial charge in [0.25, 0.3) is 10.0 Å². The summed E-state index contributed by atoms with van der Waals surface area (Å²) in [5.74, 6) is -0.424. The van der Waals surface area contributed by atoms with Gasteiger partial charge in [-0.2, -0.15) is 0 Å². The number of sulfonamides is 1. The van der Waals surface area contributed by atoms with E-state index in [0.717, 1.165) is 38.4 Å². The Labute approximate surface area is 195 Å². The summed E-state index contributed by atoms with van der Waals surface area (Å²) in [7, 11) is -3.97. The molecule has 0 saturated heterocycles. The van der Waals surface area contributed by atoms with Crippen molar-refractivity contribution in [3.8, 4) is 0 Å². The Kier molecular flexibility index (Phi) is 7.66. The van der Waals surface area contributed by atoms with Gasteiger partial charge in [0.1, 0.15) is 12.8 Å². The maximum Gasteiger partial charge on any atom is 0.264 e. The number of hydrogen-bond acceptors (Lipinski definition) is 4. The number of rotatable bonds is 9. The van der Waals surface area contributed by atoms with Crippen LogP contribution in [0, 0.1) is 20.8 Å². The summed E-state index contributed by atoms with van der Waals surface area (Å²) in [5.41, 5.74) is 4.84. The molecule has 0 spiro atoms. The lowest BCUT2D eigenvalue weighted by atomic mass is 10.1. The molecule has 0 aliphatic carbocycles. The van der Waals surface area contributed by atoms with Crippen molar-refractivity contribution in [2.75, 3.05) is 10.8 Å². The SMILES string of the molecule is Cc1ccc(S(=O)(=O)N(CC(=O)NCc2cccc(CC=O)c2)c2cccc(C)c2C)cc1. The molecule has 33 heavy (non-hydrogen) atoms. The van der Waals surface area contributed by atoms with Crippen LogP contribution in [-0.2, 0) is 32.6 Å². The molecule has 0 radical (unpaired) electrons. The highest BCUT2D eigenvalue weighted by atomic mass is 32.2. The number of carbonyl (C=O) groups is 2. The molecule has 0 aliphatic heterocycles. The standard InChI is InChI=1S/C26H28N2O4S/c1-19-10-12-24(13-11-19)33(31,32)28(25-9-4-6-20(2)21(25)3)18-26(30)27-17-23-8-5-7-22(16-23)14-15-29/h4-13,15-16H,14,17-18H2,1-3H3,(H,27,30). The first-order valence-electron chi connectivity index (χ1n) is 10.7. The van der Waals surface area contributed by atoms with E-state index in [1.165, 1.54) is 0 Å².